The van der Waals surface area contributed by atoms with Crippen molar-refractivity contribution in [1.29, 1.82) is 0 Å². The predicted molar refractivity (Wildman–Crippen MR) is 40.8 cm³/mol. The van der Waals surface area contributed by atoms with Crippen LogP contribution < -0.4 is 5.32 Å². The van der Waals surface area contributed by atoms with E-state index in [1.54, 1.807) is 0 Å². The average Bonchev–Trinajstić information content (AvgIpc) is 2.31. The van der Waals surface area contributed by atoms with Gasteiger partial charge >= 0.3 is 5.82 Å². The van der Waals surface area contributed by atoms with E-state index in [1.165, 1.54) is 16.9 Å². The van der Waals surface area contributed by atoms with Gasteiger partial charge in [0.25, 0.3) is 0 Å². The van der Waals surface area contributed by atoms with Gasteiger partial charge in [0.1, 0.15) is 6.04 Å². The lowest BCUT2D eigenvalue weighted by Gasteiger charge is -2.23. The Kier molecular flexibility index (Phi) is 1.54. The summed E-state index contributed by atoms with van der Waals surface area (Å²) in [7, 11) is 0. The van der Waals surface area contributed by atoms with E-state index >= 15 is 0 Å². The largest absolute Gasteiger partial charge is 0.358 e. The van der Waals surface area contributed by atoms with Gasteiger partial charge in [-0.3, -0.25) is 0 Å². The van der Waals surface area contributed by atoms with Crippen molar-refractivity contribution >= 4 is 5.82 Å². The first kappa shape index (κ1) is 7.23. The zero-order valence-corrected chi connectivity index (χ0v) is 6.30. The molecule has 12 heavy (non-hydrogen) atoms. The molecule has 2 heterocycles. The lowest BCUT2D eigenvalue weighted by atomic mass is 10.2. The summed E-state index contributed by atoms with van der Waals surface area (Å²) in [5.74, 6) is 0.0708. The van der Waals surface area contributed by atoms with Crippen LogP contribution in [0.3, 0.4) is 0 Å². The second-order valence-corrected chi connectivity index (χ2v) is 2.70. The summed E-state index contributed by atoms with van der Waals surface area (Å²) >= 11 is 0. The van der Waals surface area contributed by atoms with Gasteiger partial charge in [-0.1, -0.05) is 5.10 Å². The van der Waals surface area contributed by atoms with Gasteiger partial charge in [-0.2, -0.15) is 0 Å². The van der Waals surface area contributed by atoms with Crippen molar-refractivity contribution in [3.63, 3.8) is 0 Å². The number of nitrogens with one attached hydrogen (secondary N) is 1. The molecule has 0 aromatic carbocycles. The topological polar surface area (TPSA) is 73.0 Å². The number of nitrogens with zero attached hydrogens (tertiary/aromatic N) is 3. The van der Waals surface area contributed by atoms with E-state index in [1.807, 2.05) is 0 Å². The molecule has 0 saturated carbocycles. The van der Waals surface area contributed by atoms with E-state index in [0.717, 1.165) is 13.1 Å². The van der Waals surface area contributed by atoms with Gasteiger partial charge in [0, 0.05) is 13.1 Å². The average molecular weight is 168 g/mol. The predicted octanol–water partition coefficient (Wildman–Crippen LogP) is -0.0644. The molecule has 1 N–H and O–H groups in total. The van der Waals surface area contributed by atoms with E-state index in [9.17, 15) is 10.1 Å². The highest BCUT2D eigenvalue weighted by molar-refractivity contribution is 5.18. The zero-order valence-electron chi connectivity index (χ0n) is 6.30. The third-order valence-corrected chi connectivity index (χ3v) is 1.94. The summed E-state index contributed by atoms with van der Waals surface area (Å²) in [4.78, 5) is 10.0. The molecule has 0 spiro atoms. The fourth-order valence-corrected chi connectivity index (χ4v) is 1.18. The molecule has 1 saturated heterocycles. The highest BCUT2D eigenvalue weighted by Crippen LogP contribution is 2.18. The standard InChI is InChI=1S/C6H8N4O2/c11-10(12)6-1-2-8-9(6)5-3-7-4-5/h1-2,5,7H,3-4H2. The minimum absolute atomic E-state index is 0.0708. The monoisotopic (exact) mass is 168 g/mol. The van der Waals surface area contributed by atoms with Crippen LogP contribution >= 0.6 is 0 Å². The number of nitro groups is 1. The molecule has 2 rings (SSSR count). The van der Waals surface area contributed by atoms with Crippen LogP contribution in [0.25, 0.3) is 0 Å². The smallest absolute Gasteiger partial charge is 0.345 e. The van der Waals surface area contributed by atoms with E-state index in [2.05, 4.69) is 10.4 Å². The highest BCUT2D eigenvalue weighted by Gasteiger charge is 2.28. The van der Waals surface area contributed by atoms with Crippen LogP contribution in [0.4, 0.5) is 5.82 Å². The van der Waals surface area contributed by atoms with Gasteiger partial charge in [0.15, 0.2) is 0 Å². The number of hydrogen-bond donors (Lipinski definition) is 1. The Bertz CT molecular complexity index is 304. The van der Waals surface area contributed by atoms with E-state index < -0.39 is 4.92 Å². The van der Waals surface area contributed by atoms with Crippen LogP contribution in [0.5, 0.6) is 0 Å². The van der Waals surface area contributed by atoms with E-state index in [4.69, 9.17) is 0 Å². The fraction of sp³-hybridized carbons (Fsp3) is 0.500. The number of hydrogen-bond acceptors (Lipinski definition) is 4. The Morgan fingerprint density at radius 2 is 2.50 bits per heavy atom. The lowest BCUT2D eigenvalue weighted by Crippen LogP contribution is -2.44. The molecule has 0 bridgehead atoms. The maximum absolute atomic E-state index is 10.5. The van der Waals surface area contributed by atoms with Crippen molar-refractivity contribution in [2.24, 2.45) is 0 Å². The van der Waals surface area contributed by atoms with Gasteiger partial charge in [-0.25, -0.2) is 0 Å². The Hall–Kier alpha value is -1.43. The molecule has 1 aliphatic heterocycles. The van der Waals surface area contributed by atoms with Gasteiger partial charge in [-0.05, 0) is 4.92 Å². The summed E-state index contributed by atoms with van der Waals surface area (Å²) in [6.07, 6.45) is 1.45. The number of rotatable bonds is 2. The first-order valence-corrected chi connectivity index (χ1v) is 3.67. The van der Waals surface area contributed by atoms with Crippen LogP contribution in [-0.2, 0) is 0 Å². The summed E-state index contributed by atoms with van der Waals surface area (Å²) in [6, 6.07) is 1.57. The SMILES string of the molecule is O=[N+]([O-])c1ccnn1C1CNC1. The first-order chi connectivity index (χ1) is 5.79. The van der Waals surface area contributed by atoms with E-state index in [0.29, 0.717) is 0 Å². The zero-order chi connectivity index (χ0) is 8.55. The normalized spacial score (nSPS) is 17.3. The molecule has 0 aliphatic carbocycles. The van der Waals surface area contributed by atoms with Crippen molar-refractivity contribution in [3.8, 4) is 0 Å². The molecule has 1 aliphatic rings. The molecular weight excluding hydrogens is 160 g/mol. The molecule has 0 unspecified atom stereocenters. The quantitative estimate of drug-likeness (QED) is 0.495. The first-order valence-electron chi connectivity index (χ1n) is 3.67. The molecule has 0 radical (unpaired) electrons. The minimum Gasteiger partial charge on any atom is -0.358 e. The molecule has 6 nitrogen and oxygen atoms in total. The third kappa shape index (κ3) is 0.964. The molecule has 64 valence electrons. The van der Waals surface area contributed by atoms with Crippen LogP contribution in [0.1, 0.15) is 6.04 Å². The second kappa shape index (κ2) is 2.56. The third-order valence-electron chi connectivity index (χ3n) is 1.94. The maximum atomic E-state index is 10.5. The molecule has 1 fully saturated rings. The van der Waals surface area contributed by atoms with Crippen molar-refractivity contribution in [1.82, 2.24) is 15.1 Å². The van der Waals surface area contributed by atoms with Crippen molar-refractivity contribution < 1.29 is 4.92 Å². The molecule has 6 heteroatoms. The Balaban J connectivity index is 2.29. The van der Waals surface area contributed by atoms with Gasteiger partial charge in [0.05, 0.1) is 12.3 Å². The minimum atomic E-state index is -0.411. The Labute approximate surface area is 68.3 Å². The van der Waals surface area contributed by atoms with Crippen LogP contribution in [0.15, 0.2) is 12.3 Å². The molecule has 0 atom stereocenters. The molecule has 1 aromatic rings. The van der Waals surface area contributed by atoms with Crippen molar-refractivity contribution in [2.75, 3.05) is 13.1 Å². The molecular formula is C6H8N4O2. The molecule has 1 aromatic heterocycles. The van der Waals surface area contributed by atoms with E-state index in [-0.39, 0.29) is 11.9 Å². The highest BCUT2D eigenvalue weighted by atomic mass is 16.6. The van der Waals surface area contributed by atoms with Gasteiger partial charge in [0.2, 0.25) is 0 Å². The van der Waals surface area contributed by atoms with Crippen LogP contribution in [0, 0.1) is 10.1 Å². The second-order valence-electron chi connectivity index (χ2n) is 2.70. The lowest BCUT2D eigenvalue weighted by molar-refractivity contribution is -0.393. The Morgan fingerprint density at radius 3 is 3.00 bits per heavy atom. The maximum Gasteiger partial charge on any atom is 0.345 e. The molecule has 0 amide bonds. The summed E-state index contributed by atoms with van der Waals surface area (Å²) in [5.41, 5.74) is 0. The van der Waals surface area contributed by atoms with Crippen LogP contribution in [0.2, 0.25) is 0 Å². The van der Waals surface area contributed by atoms with Gasteiger partial charge in [-0.15, -0.1) is 4.68 Å². The summed E-state index contributed by atoms with van der Waals surface area (Å²) < 4.78 is 1.45. The summed E-state index contributed by atoms with van der Waals surface area (Å²) in [6.45, 7) is 1.53. The van der Waals surface area contributed by atoms with Crippen LogP contribution in [-0.4, -0.2) is 27.8 Å². The van der Waals surface area contributed by atoms with Crippen molar-refractivity contribution in [3.05, 3.63) is 22.4 Å². The summed E-state index contributed by atoms with van der Waals surface area (Å²) in [5, 5.41) is 17.4. The van der Waals surface area contributed by atoms with Crippen molar-refractivity contribution in [2.45, 2.75) is 6.04 Å². The fourth-order valence-electron chi connectivity index (χ4n) is 1.18. The van der Waals surface area contributed by atoms with Gasteiger partial charge < -0.3 is 15.4 Å². The number of aromatic nitrogens is 2. The Morgan fingerprint density at radius 1 is 1.75 bits per heavy atom.